The van der Waals surface area contributed by atoms with Crippen LogP contribution >= 0.6 is 11.3 Å². The molecule has 0 aliphatic heterocycles. The van der Waals surface area contributed by atoms with Gasteiger partial charge in [-0.1, -0.05) is 80.9 Å². The standard InChI is InChI=1S/C45H38N4OS/c1-27-22-28(2)41(29(3)23-27)35-19-21-48(47-35)31-12-11-13-32(25-31)50-38-26-37-42(43-34-15-8-10-17-39(34)51-44(38)43)33-14-7-9-16-36(33)49(37)40-24-30(18-20-46-40)45(4,5)6/h7-26H,1-6H3. The van der Waals surface area contributed by atoms with Crippen LogP contribution in [0.1, 0.15) is 43.0 Å². The lowest BCUT2D eigenvalue weighted by Crippen LogP contribution is -2.12. The fourth-order valence-electron chi connectivity index (χ4n) is 7.65. The van der Waals surface area contributed by atoms with Gasteiger partial charge in [-0.15, -0.1) is 11.3 Å². The number of thiophene rings is 1. The summed E-state index contributed by atoms with van der Waals surface area (Å²) in [7, 11) is 0. The minimum atomic E-state index is -0.0142. The lowest BCUT2D eigenvalue weighted by atomic mass is 9.88. The van der Waals surface area contributed by atoms with Crippen molar-refractivity contribution in [1.82, 2.24) is 19.3 Å². The Kier molecular flexibility index (Phi) is 7.16. The Bertz CT molecular complexity index is 2790. The second-order valence-corrected chi connectivity index (χ2v) is 15.6. The summed E-state index contributed by atoms with van der Waals surface area (Å²) in [4.78, 5) is 4.94. The molecule has 0 fully saturated rings. The lowest BCUT2D eigenvalue weighted by molar-refractivity contribution is 0.489. The molecular formula is C45H38N4OS. The zero-order valence-electron chi connectivity index (χ0n) is 29.7. The van der Waals surface area contributed by atoms with Gasteiger partial charge in [0.1, 0.15) is 17.3 Å². The van der Waals surface area contributed by atoms with Crippen molar-refractivity contribution in [2.24, 2.45) is 0 Å². The second kappa shape index (κ2) is 11.7. The van der Waals surface area contributed by atoms with Crippen molar-refractivity contribution in [2.45, 2.75) is 47.0 Å². The van der Waals surface area contributed by atoms with Gasteiger partial charge in [0.2, 0.25) is 0 Å². The molecule has 250 valence electrons. The molecule has 0 bridgehead atoms. The number of para-hydroxylation sites is 1. The first-order valence-corrected chi connectivity index (χ1v) is 18.2. The minimum absolute atomic E-state index is 0.0142. The predicted octanol–water partition coefficient (Wildman–Crippen LogP) is 12.4. The number of nitrogens with zero attached hydrogens (tertiary/aromatic N) is 4. The van der Waals surface area contributed by atoms with E-state index in [1.807, 2.05) is 29.2 Å². The van der Waals surface area contributed by atoms with Crippen LogP contribution in [0.3, 0.4) is 0 Å². The molecule has 0 aliphatic carbocycles. The Morgan fingerprint density at radius 2 is 1.47 bits per heavy atom. The van der Waals surface area contributed by atoms with Crippen molar-refractivity contribution < 1.29 is 4.74 Å². The van der Waals surface area contributed by atoms with E-state index < -0.39 is 0 Å². The van der Waals surface area contributed by atoms with Crippen LogP contribution in [0.5, 0.6) is 11.5 Å². The van der Waals surface area contributed by atoms with Crippen LogP contribution in [0.25, 0.3) is 64.7 Å². The smallest absolute Gasteiger partial charge is 0.147 e. The summed E-state index contributed by atoms with van der Waals surface area (Å²) in [5, 5.41) is 9.87. The molecule has 51 heavy (non-hydrogen) atoms. The van der Waals surface area contributed by atoms with Crippen molar-refractivity contribution in [3.8, 4) is 34.3 Å². The molecule has 6 heteroatoms. The Morgan fingerprint density at radius 3 is 2.27 bits per heavy atom. The highest BCUT2D eigenvalue weighted by atomic mass is 32.1. The molecule has 0 aliphatic rings. The number of hydrogen-bond acceptors (Lipinski definition) is 4. The Morgan fingerprint density at radius 1 is 0.706 bits per heavy atom. The maximum Gasteiger partial charge on any atom is 0.147 e. The number of aromatic nitrogens is 4. The molecule has 0 atom stereocenters. The van der Waals surface area contributed by atoms with Crippen molar-refractivity contribution >= 4 is 53.3 Å². The Labute approximate surface area is 301 Å². The third kappa shape index (κ3) is 5.21. The van der Waals surface area contributed by atoms with E-state index in [4.69, 9.17) is 14.8 Å². The lowest BCUT2D eigenvalue weighted by Gasteiger charge is -2.20. The number of aryl methyl sites for hydroxylation is 3. The van der Waals surface area contributed by atoms with Crippen LogP contribution in [0.4, 0.5) is 0 Å². The second-order valence-electron chi connectivity index (χ2n) is 14.6. The van der Waals surface area contributed by atoms with Gasteiger partial charge in [-0.25, -0.2) is 9.67 Å². The Hall–Kier alpha value is -5.72. The molecule has 4 heterocycles. The van der Waals surface area contributed by atoms with E-state index in [1.54, 1.807) is 11.3 Å². The molecule has 9 aromatic rings. The van der Waals surface area contributed by atoms with Crippen LogP contribution in [0, 0.1) is 20.8 Å². The van der Waals surface area contributed by atoms with Crippen molar-refractivity contribution in [2.75, 3.05) is 0 Å². The third-order valence-corrected chi connectivity index (χ3v) is 11.1. The molecule has 5 nitrogen and oxygen atoms in total. The summed E-state index contributed by atoms with van der Waals surface area (Å²) < 4.78 is 13.5. The summed E-state index contributed by atoms with van der Waals surface area (Å²) in [5.74, 6) is 2.47. The fraction of sp³-hybridized carbons (Fsp3) is 0.156. The van der Waals surface area contributed by atoms with Crippen LogP contribution < -0.4 is 4.74 Å². The summed E-state index contributed by atoms with van der Waals surface area (Å²) in [5.41, 5.74) is 10.2. The quantitative estimate of drug-likeness (QED) is 0.181. The van der Waals surface area contributed by atoms with Gasteiger partial charge < -0.3 is 4.74 Å². The summed E-state index contributed by atoms with van der Waals surface area (Å²) in [6, 6.07) is 38.6. The molecule has 4 aromatic heterocycles. The number of pyridine rings is 1. The van der Waals surface area contributed by atoms with Gasteiger partial charge in [-0.3, -0.25) is 4.57 Å². The normalized spacial score (nSPS) is 12.1. The number of rotatable bonds is 5. The average molecular weight is 683 g/mol. The number of ether oxygens (including phenoxy) is 1. The predicted molar refractivity (Wildman–Crippen MR) is 213 cm³/mol. The minimum Gasteiger partial charge on any atom is -0.456 e. The number of hydrogen-bond donors (Lipinski definition) is 0. The first-order chi connectivity index (χ1) is 24.6. The molecular weight excluding hydrogens is 645 g/mol. The molecule has 0 saturated carbocycles. The van der Waals surface area contributed by atoms with E-state index in [2.05, 4.69) is 143 Å². The zero-order chi connectivity index (χ0) is 35.0. The Balaban J connectivity index is 1.23. The first-order valence-electron chi connectivity index (χ1n) is 17.4. The highest BCUT2D eigenvalue weighted by Gasteiger charge is 2.23. The van der Waals surface area contributed by atoms with Crippen LogP contribution in [0.15, 0.2) is 122 Å². The van der Waals surface area contributed by atoms with E-state index in [0.717, 1.165) is 44.4 Å². The molecule has 0 amide bonds. The molecule has 0 unspecified atom stereocenters. The number of benzene rings is 5. The van der Waals surface area contributed by atoms with E-state index in [1.165, 1.54) is 54.1 Å². The molecule has 0 radical (unpaired) electrons. The van der Waals surface area contributed by atoms with Crippen LogP contribution in [-0.4, -0.2) is 19.3 Å². The molecule has 0 spiro atoms. The topological polar surface area (TPSA) is 44.9 Å². The highest BCUT2D eigenvalue weighted by Crippen LogP contribution is 2.48. The maximum atomic E-state index is 6.93. The van der Waals surface area contributed by atoms with Gasteiger partial charge in [0, 0.05) is 56.3 Å². The summed E-state index contributed by atoms with van der Waals surface area (Å²) in [6.07, 6.45) is 3.96. The SMILES string of the molecule is Cc1cc(C)c(-c2ccn(-c3cccc(Oc4cc5c(c6ccccc6n5-c5cc(C(C)(C)C)ccn5)c5c4sc4ccccc45)c3)n2)c(C)c1. The monoisotopic (exact) mass is 682 g/mol. The summed E-state index contributed by atoms with van der Waals surface area (Å²) in [6.45, 7) is 13.2. The number of fused-ring (bicyclic) bond motifs is 7. The summed E-state index contributed by atoms with van der Waals surface area (Å²) >= 11 is 1.78. The zero-order valence-corrected chi connectivity index (χ0v) is 30.5. The van der Waals surface area contributed by atoms with E-state index in [0.29, 0.717) is 0 Å². The van der Waals surface area contributed by atoms with E-state index >= 15 is 0 Å². The van der Waals surface area contributed by atoms with Crippen molar-refractivity contribution in [3.63, 3.8) is 0 Å². The largest absolute Gasteiger partial charge is 0.456 e. The van der Waals surface area contributed by atoms with Gasteiger partial charge in [0.15, 0.2) is 0 Å². The molecule has 5 aromatic carbocycles. The average Bonchev–Trinajstić information content (AvgIpc) is 3.82. The van der Waals surface area contributed by atoms with Gasteiger partial charge in [0.05, 0.1) is 27.1 Å². The van der Waals surface area contributed by atoms with Crippen molar-refractivity contribution in [1.29, 1.82) is 0 Å². The van der Waals surface area contributed by atoms with Gasteiger partial charge >= 0.3 is 0 Å². The van der Waals surface area contributed by atoms with E-state index in [-0.39, 0.29) is 5.41 Å². The third-order valence-electron chi connectivity index (χ3n) is 9.92. The maximum absolute atomic E-state index is 6.93. The van der Waals surface area contributed by atoms with Gasteiger partial charge in [0.25, 0.3) is 0 Å². The van der Waals surface area contributed by atoms with Crippen LogP contribution in [0.2, 0.25) is 0 Å². The van der Waals surface area contributed by atoms with Crippen molar-refractivity contribution in [3.05, 3.63) is 144 Å². The molecule has 9 rings (SSSR count). The molecule has 0 N–H and O–H groups in total. The fourth-order valence-corrected chi connectivity index (χ4v) is 8.81. The highest BCUT2D eigenvalue weighted by molar-refractivity contribution is 7.26. The van der Waals surface area contributed by atoms with E-state index in [9.17, 15) is 0 Å². The van der Waals surface area contributed by atoms with Gasteiger partial charge in [-0.05, 0) is 85.3 Å². The first kappa shape index (κ1) is 31.3. The van der Waals surface area contributed by atoms with Gasteiger partial charge in [-0.2, -0.15) is 5.10 Å². The molecule has 0 saturated heterocycles. The van der Waals surface area contributed by atoms with Crippen LogP contribution in [-0.2, 0) is 5.41 Å².